The molecule has 2 heterocycles. The molecule has 2 saturated heterocycles. The molecule has 0 aromatic heterocycles. The lowest BCUT2D eigenvalue weighted by Crippen LogP contribution is -2.41. The van der Waals surface area contributed by atoms with Crippen LogP contribution in [-0.4, -0.2) is 67.3 Å². The number of anilines is 1. The largest absolute Gasteiger partial charge is 0.497 e. The Balaban J connectivity index is 1.74. The molecule has 0 aliphatic carbocycles. The third-order valence-corrected chi connectivity index (χ3v) is 5.07. The lowest BCUT2D eigenvalue weighted by molar-refractivity contribution is -0.150. The predicted octanol–water partition coefficient (Wildman–Crippen LogP) is 1.08. The van der Waals surface area contributed by atoms with Crippen LogP contribution in [0.1, 0.15) is 12.8 Å². The second kappa shape index (κ2) is 7.05. The number of carboxylic acid groups (broad SMARTS) is 1. The number of rotatable bonds is 5. The maximum Gasteiger partial charge on any atom is 0.343 e. The van der Waals surface area contributed by atoms with Crippen LogP contribution in [0.25, 0.3) is 0 Å². The Labute approximate surface area is 155 Å². The molecule has 2 fully saturated rings. The summed E-state index contributed by atoms with van der Waals surface area (Å²) in [5.41, 5.74) is -1.90. The van der Waals surface area contributed by atoms with Gasteiger partial charge in [0, 0.05) is 32.0 Å². The molecule has 9 heteroatoms. The number of carbonyl (C=O) groups excluding carboxylic acids is 2. The molecule has 0 bridgehead atoms. The van der Waals surface area contributed by atoms with Crippen LogP contribution in [0.5, 0.6) is 11.5 Å². The van der Waals surface area contributed by atoms with Crippen molar-refractivity contribution in [3.8, 4) is 11.5 Å². The van der Waals surface area contributed by atoms with Gasteiger partial charge in [-0.1, -0.05) is 0 Å². The van der Waals surface area contributed by atoms with Crippen molar-refractivity contribution in [2.45, 2.75) is 18.5 Å². The molecule has 146 valence electrons. The molecule has 1 aromatic carbocycles. The Morgan fingerprint density at radius 3 is 2.63 bits per heavy atom. The van der Waals surface area contributed by atoms with E-state index < -0.39 is 30.0 Å². The van der Waals surface area contributed by atoms with Crippen molar-refractivity contribution < 1.29 is 33.4 Å². The zero-order valence-electron chi connectivity index (χ0n) is 15.1. The van der Waals surface area contributed by atoms with Gasteiger partial charge in [-0.25, -0.2) is 9.18 Å². The van der Waals surface area contributed by atoms with Gasteiger partial charge in [0.05, 0.1) is 32.4 Å². The Morgan fingerprint density at radius 2 is 2.04 bits per heavy atom. The fraction of sp³-hybridized carbons (Fsp3) is 0.500. The summed E-state index contributed by atoms with van der Waals surface area (Å²) in [6.45, 7) is -0.334. The number of alkyl halides is 1. The molecule has 27 heavy (non-hydrogen) atoms. The average molecular weight is 380 g/mol. The van der Waals surface area contributed by atoms with Crippen molar-refractivity contribution in [2.24, 2.45) is 5.92 Å². The highest BCUT2D eigenvalue weighted by Gasteiger charge is 2.49. The van der Waals surface area contributed by atoms with Crippen molar-refractivity contribution in [1.29, 1.82) is 0 Å². The van der Waals surface area contributed by atoms with Crippen LogP contribution in [0.2, 0.25) is 0 Å². The van der Waals surface area contributed by atoms with Crippen LogP contribution >= 0.6 is 0 Å². The normalized spacial score (nSPS) is 25.0. The number of ether oxygens (including phenoxy) is 2. The number of aliphatic carboxylic acids is 1. The second-order valence-corrected chi connectivity index (χ2v) is 6.72. The summed E-state index contributed by atoms with van der Waals surface area (Å²) in [6, 6.07) is 5.00. The minimum atomic E-state index is -2.42. The van der Waals surface area contributed by atoms with Gasteiger partial charge in [-0.2, -0.15) is 0 Å². The minimum Gasteiger partial charge on any atom is -0.497 e. The minimum absolute atomic E-state index is 0.0170. The van der Waals surface area contributed by atoms with Gasteiger partial charge in [0.15, 0.2) is 0 Å². The van der Waals surface area contributed by atoms with Crippen molar-refractivity contribution in [2.75, 3.05) is 38.8 Å². The van der Waals surface area contributed by atoms with E-state index in [9.17, 15) is 18.8 Å². The Kier molecular flexibility index (Phi) is 4.95. The van der Waals surface area contributed by atoms with Crippen LogP contribution in [0.4, 0.5) is 10.1 Å². The van der Waals surface area contributed by atoms with Gasteiger partial charge in [0.2, 0.25) is 17.5 Å². The molecule has 2 amide bonds. The standard InChI is InChI=1S/C18H21FN2O6/c1-26-12-3-4-13(14(8-12)27-2)21-9-11(7-15(21)22)16(23)20-6-5-18(19,10-20)17(24)25/h3-4,8,11H,5-7,9-10H2,1-2H3,(H,24,25). The van der Waals surface area contributed by atoms with E-state index >= 15 is 0 Å². The van der Waals surface area contributed by atoms with Gasteiger partial charge in [0.1, 0.15) is 11.5 Å². The molecule has 1 aromatic rings. The Hall–Kier alpha value is -2.84. The molecule has 1 N–H and O–H groups in total. The number of carboxylic acids is 1. The average Bonchev–Trinajstić information content (AvgIpc) is 3.24. The van der Waals surface area contributed by atoms with Crippen LogP contribution in [0.15, 0.2) is 18.2 Å². The van der Waals surface area contributed by atoms with E-state index in [2.05, 4.69) is 0 Å². The molecule has 8 nitrogen and oxygen atoms in total. The van der Waals surface area contributed by atoms with E-state index in [1.807, 2.05) is 0 Å². The number of halogens is 1. The molecule has 2 aliphatic rings. The van der Waals surface area contributed by atoms with Crippen LogP contribution in [0.3, 0.4) is 0 Å². The highest BCUT2D eigenvalue weighted by Crippen LogP contribution is 2.37. The summed E-state index contributed by atoms with van der Waals surface area (Å²) in [7, 11) is 2.99. The lowest BCUT2D eigenvalue weighted by Gasteiger charge is -2.22. The quantitative estimate of drug-likeness (QED) is 0.821. The van der Waals surface area contributed by atoms with Crippen LogP contribution < -0.4 is 14.4 Å². The topological polar surface area (TPSA) is 96.4 Å². The molecule has 0 radical (unpaired) electrons. The van der Waals surface area contributed by atoms with Crippen molar-refractivity contribution >= 4 is 23.5 Å². The smallest absolute Gasteiger partial charge is 0.343 e. The Morgan fingerprint density at radius 1 is 1.30 bits per heavy atom. The first-order valence-electron chi connectivity index (χ1n) is 8.52. The monoisotopic (exact) mass is 380 g/mol. The summed E-state index contributed by atoms with van der Waals surface area (Å²) in [6.07, 6.45) is -0.262. The number of benzene rings is 1. The maximum absolute atomic E-state index is 14.2. The van der Waals surface area contributed by atoms with Gasteiger partial charge < -0.3 is 24.4 Å². The summed E-state index contributed by atoms with van der Waals surface area (Å²) in [5.74, 6) is -1.87. The Bertz CT molecular complexity index is 785. The van der Waals surface area contributed by atoms with Gasteiger partial charge in [-0.3, -0.25) is 9.59 Å². The first-order chi connectivity index (χ1) is 12.8. The molecule has 2 atom stereocenters. The number of methoxy groups -OCH3 is 2. The van der Waals surface area contributed by atoms with E-state index in [-0.39, 0.29) is 31.8 Å². The second-order valence-electron chi connectivity index (χ2n) is 6.72. The first-order valence-corrected chi connectivity index (χ1v) is 8.52. The van der Waals surface area contributed by atoms with E-state index in [4.69, 9.17) is 14.6 Å². The van der Waals surface area contributed by atoms with E-state index in [1.54, 1.807) is 18.2 Å². The number of amides is 2. The third-order valence-electron chi connectivity index (χ3n) is 5.07. The lowest BCUT2D eigenvalue weighted by atomic mass is 10.1. The van der Waals surface area contributed by atoms with E-state index in [0.29, 0.717) is 17.2 Å². The molecule has 2 aliphatic heterocycles. The van der Waals surface area contributed by atoms with Crippen molar-refractivity contribution in [1.82, 2.24) is 4.90 Å². The highest BCUT2D eigenvalue weighted by molar-refractivity contribution is 6.01. The number of hydrogen-bond donors (Lipinski definition) is 1. The molecular weight excluding hydrogens is 359 g/mol. The molecule has 3 rings (SSSR count). The fourth-order valence-corrected chi connectivity index (χ4v) is 3.51. The third kappa shape index (κ3) is 3.41. The number of likely N-dealkylation sites (tertiary alicyclic amines) is 1. The summed E-state index contributed by atoms with van der Waals surface area (Å²) in [5, 5.41) is 8.97. The first kappa shape index (κ1) is 18.9. The zero-order chi connectivity index (χ0) is 19.8. The number of nitrogens with zero attached hydrogens (tertiary/aromatic N) is 2. The maximum atomic E-state index is 14.2. The van der Waals surface area contributed by atoms with Gasteiger partial charge in [-0.05, 0) is 12.1 Å². The highest BCUT2D eigenvalue weighted by atomic mass is 19.1. The molecule has 2 unspecified atom stereocenters. The van der Waals surface area contributed by atoms with E-state index in [0.717, 1.165) is 0 Å². The van der Waals surface area contributed by atoms with Crippen molar-refractivity contribution in [3.05, 3.63) is 18.2 Å². The zero-order valence-corrected chi connectivity index (χ0v) is 15.1. The predicted molar refractivity (Wildman–Crippen MR) is 92.7 cm³/mol. The molecule has 0 saturated carbocycles. The summed E-state index contributed by atoms with van der Waals surface area (Å²) in [4.78, 5) is 38.8. The van der Waals surface area contributed by atoms with Gasteiger partial charge >= 0.3 is 5.97 Å². The summed E-state index contributed by atoms with van der Waals surface area (Å²) < 4.78 is 24.7. The SMILES string of the molecule is COc1ccc(N2CC(C(=O)N3CCC(F)(C(=O)O)C3)CC2=O)c(OC)c1. The number of hydrogen-bond acceptors (Lipinski definition) is 5. The summed E-state index contributed by atoms with van der Waals surface area (Å²) >= 11 is 0. The number of carbonyl (C=O) groups is 3. The van der Waals surface area contributed by atoms with Crippen LogP contribution in [-0.2, 0) is 14.4 Å². The molecule has 0 spiro atoms. The van der Waals surface area contributed by atoms with Crippen LogP contribution in [0, 0.1) is 5.92 Å². The van der Waals surface area contributed by atoms with E-state index in [1.165, 1.54) is 24.0 Å². The fourth-order valence-electron chi connectivity index (χ4n) is 3.51. The van der Waals surface area contributed by atoms with Gasteiger partial charge in [-0.15, -0.1) is 0 Å². The molecular formula is C18H21FN2O6. The van der Waals surface area contributed by atoms with Crippen molar-refractivity contribution in [3.63, 3.8) is 0 Å². The van der Waals surface area contributed by atoms with Gasteiger partial charge in [0.25, 0.3) is 0 Å².